The number of carbonyl (C=O) groups is 3. The standard InChI is InChI=1S/C21H32N2O5/c1-12(2)22-18(25)11-28-19(26)17-6-16(24)10-23(17)20(27)21-7-13-3-14(8-21)5-15(4-13)9-21/h12-17,24H,3-11H2,1-2H3,(H,22,25)/t13?,14?,15?,16?,17-,21?/m0/s1. The van der Waals surface area contributed by atoms with Gasteiger partial charge in [0.1, 0.15) is 6.04 Å². The molecule has 0 aromatic heterocycles. The largest absolute Gasteiger partial charge is 0.454 e. The number of nitrogens with zero attached hydrogens (tertiary/aromatic N) is 1. The number of esters is 1. The molecule has 5 fully saturated rings. The highest BCUT2D eigenvalue weighted by Crippen LogP contribution is 2.60. The van der Waals surface area contributed by atoms with Crippen LogP contribution in [0.15, 0.2) is 0 Å². The summed E-state index contributed by atoms with van der Waals surface area (Å²) in [7, 11) is 0. The van der Waals surface area contributed by atoms with Crippen LogP contribution in [-0.4, -0.2) is 59.1 Å². The summed E-state index contributed by atoms with van der Waals surface area (Å²) in [6.45, 7) is 3.49. The van der Waals surface area contributed by atoms with Crippen molar-refractivity contribution >= 4 is 17.8 Å². The van der Waals surface area contributed by atoms with E-state index in [0.29, 0.717) is 17.8 Å². The van der Waals surface area contributed by atoms with Gasteiger partial charge < -0.3 is 20.1 Å². The van der Waals surface area contributed by atoms with Crippen molar-refractivity contribution < 1.29 is 24.2 Å². The zero-order chi connectivity index (χ0) is 20.1. The molecule has 0 spiro atoms. The fourth-order valence-electron chi connectivity index (χ4n) is 6.54. The number of β-amino-alcohol motifs (C(OH)–C–C–N with tert-alkyl or cyclic N) is 1. The average molecular weight is 392 g/mol. The van der Waals surface area contributed by atoms with Crippen molar-refractivity contribution in [3.05, 3.63) is 0 Å². The summed E-state index contributed by atoms with van der Waals surface area (Å²) in [5.74, 6) is 0.972. The third-order valence-corrected chi connectivity index (χ3v) is 7.10. The number of hydrogen-bond donors (Lipinski definition) is 2. The normalized spacial score (nSPS) is 38.7. The van der Waals surface area contributed by atoms with Crippen molar-refractivity contribution in [1.29, 1.82) is 0 Å². The van der Waals surface area contributed by atoms with Crippen LogP contribution in [0.4, 0.5) is 0 Å². The lowest BCUT2D eigenvalue weighted by Crippen LogP contribution is -2.56. The zero-order valence-electron chi connectivity index (χ0n) is 16.9. The van der Waals surface area contributed by atoms with Gasteiger partial charge >= 0.3 is 5.97 Å². The Kier molecular flexibility index (Phi) is 5.14. The first-order valence-electron chi connectivity index (χ1n) is 10.7. The van der Waals surface area contributed by atoms with Crippen molar-refractivity contribution in [3.8, 4) is 0 Å². The summed E-state index contributed by atoms with van der Waals surface area (Å²) >= 11 is 0. The third-order valence-electron chi connectivity index (χ3n) is 7.10. The number of rotatable bonds is 5. The van der Waals surface area contributed by atoms with Gasteiger partial charge in [-0.05, 0) is 70.1 Å². The van der Waals surface area contributed by atoms with Crippen molar-refractivity contribution in [2.24, 2.45) is 23.2 Å². The average Bonchev–Trinajstić information content (AvgIpc) is 2.99. The van der Waals surface area contributed by atoms with E-state index < -0.39 is 18.1 Å². The molecule has 4 aliphatic carbocycles. The van der Waals surface area contributed by atoms with Crippen LogP contribution in [0.5, 0.6) is 0 Å². The highest BCUT2D eigenvalue weighted by atomic mass is 16.5. The molecule has 1 saturated heterocycles. The van der Waals surface area contributed by atoms with Crippen molar-refractivity contribution in [2.75, 3.05) is 13.2 Å². The smallest absolute Gasteiger partial charge is 0.329 e. The number of aliphatic hydroxyl groups excluding tert-OH is 1. The van der Waals surface area contributed by atoms with Crippen molar-refractivity contribution in [2.45, 2.75) is 77.0 Å². The molecule has 2 N–H and O–H groups in total. The predicted molar refractivity (Wildman–Crippen MR) is 101 cm³/mol. The van der Waals surface area contributed by atoms with E-state index in [4.69, 9.17) is 4.74 Å². The molecule has 28 heavy (non-hydrogen) atoms. The van der Waals surface area contributed by atoms with Crippen LogP contribution in [0.25, 0.3) is 0 Å². The molecule has 7 heteroatoms. The Hall–Kier alpha value is -1.63. The lowest BCUT2D eigenvalue weighted by Gasteiger charge is -2.56. The van der Waals surface area contributed by atoms with E-state index in [1.165, 1.54) is 19.3 Å². The first kappa shape index (κ1) is 19.7. The molecule has 2 amide bonds. The number of likely N-dealkylation sites (tertiary alicyclic amines) is 1. The van der Waals surface area contributed by atoms with E-state index in [0.717, 1.165) is 19.3 Å². The Balaban J connectivity index is 1.43. The van der Waals surface area contributed by atoms with Crippen LogP contribution in [0.1, 0.15) is 58.8 Å². The van der Waals surface area contributed by atoms with Gasteiger partial charge in [0, 0.05) is 19.0 Å². The summed E-state index contributed by atoms with van der Waals surface area (Å²) < 4.78 is 5.18. The molecule has 1 unspecified atom stereocenters. The Labute approximate surface area is 166 Å². The molecule has 156 valence electrons. The van der Waals surface area contributed by atoms with Gasteiger partial charge in [0.15, 0.2) is 6.61 Å². The van der Waals surface area contributed by atoms with E-state index in [9.17, 15) is 19.5 Å². The van der Waals surface area contributed by atoms with Gasteiger partial charge in [-0.3, -0.25) is 9.59 Å². The molecular formula is C21H32N2O5. The van der Waals surface area contributed by atoms with E-state index >= 15 is 0 Å². The highest BCUT2D eigenvalue weighted by Gasteiger charge is 2.57. The maximum Gasteiger partial charge on any atom is 0.329 e. The zero-order valence-corrected chi connectivity index (χ0v) is 16.9. The summed E-state index contributed by atoms with van der Waals surface area (Å²) in [6, 6.07) is -0.823. The van der Waals surface area contributed by atoms with Gasteiger partial charge in [0.25, 0.3) is 5.91 Å². The summed E-state index contributed by atoms with van der Waals surface area (Å²) in [6.07, 6.45) is 5.94. The van der Waals surface area contributed by atoms with E-state index in [1.54, 1.807) is 4.90 Å². The van der Waals surface area contributed by atoms with Gasteiger partial charge in [0.2, 0.25) is 5.91 Å². The van der Waals surface area contributed by atoms with Gasteiger partial charge in [0.05, 0.1) is 11.5 Å². The number of hydrogen-bond acceptors (Lipinski definition) is 5. The molecule has 1 aliphatic heterocycles. The highest BCUT2D eigenvalue weighted by molar-refractivity contribution is 5.90. The molecular weight excluding hydrogens is 360 g/mol. The monoisotopic (exact) mass is 392 g/mol. The second-order valence-electron chi connectivity index (χ2n) is 9.89. The quantitative estimate of drug-likeness (QED) is 0.686. The molecule has 4 bridgehead atoms. The second-order valence-corrected chi connectivity index (χ2v) is 9.89. The van der Waals surface area contributed by atoms with Gasteiger partial charge in [-0.2, -0.15) is 0 Å². The van der Waals surface area contributed by atoms with Crippen LogP contribution in [0.2, 0.25) is 0 Å². The molecule has 0 aromatic rings. The minimum atomic E-state index is -0.789. The van der Waals surface area contributed by atoms with Crippen LogP contribution >= 0.6 is 0 Å². The first-order valence-corrected chi connectivity index (χ1v) is 10.7. The predicted octanol–water partition coefficient (Wildman–Crippen LogP) is 1.23. The van der Waals surface area contributed by atoms with Crippen LogP contribution in [0, 0.1) is 23.2 Å². The molecule has 0 aromatic carbocycles. The second kappa shape index (κ2) is 7.32. The molecule has 5 aliphatic rings. The number of ether oxygens (including phenoxy) is 1. The van der Waals surface area contributed by atoms with E-state index in [-0.39, 0.29) is 42.8 Å². The molecule has 0 radical (unpaired) electrons. The van der Waals surface area contributed by atoms with E-state index in [1.807, 2.05) is 13.8 Å². The fraction of sp³-hybridized carbons (Fsp3) is 0.857. The topological polar surface area (TPSA) is 95.9 Å². The summed E-state index contributed by atoms with van der Waals surface area (Å²) in [5, 5.41) is 12.8. The van der Waals surface area contributed by atoms with Crippen LogP contribution in [0.3, 0.4) is 0 Å². The minimum absolute atomic E-state index is 0.0248. The Morgan fingerprint density at radius 2 is 1.64 bits per heavy atom. The van der Waals surface area contributed by atoms with Crippen LogP contribution in [-0.2, 0) is 19.1 Å². The van der Waals surface area contributed by atoms with Crippen LogP contribution < -0.4 is 5.32 Å². The maximum atomic E-state index is 13.6. The van der Waals surface area contributed by atoms with E-state index in [2.05, 4.69) is 5.32 Å². The molecule has 7 nitrogen and oxygen atoms in total. The fourth-order valence-corrected chi connectivity index (χ4v) is 6.54. The molecule has 1 heterocycles. The SMILES string of the molecule is CC(C)NC(=O)COC(=O)[C@@H]1CC(O)CN1C(=O)C12CC3CC(CC(C3)C1)C2. The number of carbonyl (C=O) groups excluding carboxylic acids is 3. The first-order chi connectivity index (χ1) is 13.3. The minimum Gasteiger partial charge on any atom is -0.454 e. The van der Waals surface area contributed by atoms with Crippen molar-refractivity contribution in [1.82, 2.24) is 10.2 Å². The van der Waals surface area contributed by atoms with Crippen molar-refractivity contribution in [3.63, 3.8) is 0 Å². The summed E-state index contributed by atoms with van der Waals surface area (Å²) in [4.78, 5) is 39.5. The number of nitrogens with one attached hydrogen (secondary N) is 1. The molecule has 5 rings (SSSR count). The Bertz CT molecular complexity index is 626. The third kappa shape index (κ3) is 3.65. The maximum absolute atomic E-state index is 13.6. The molecule has 4 saturated carbocycles. The number of aliphatic hydroxyl groups is 1. The molecule has 2 atom stereocenters. The lowest BCUT2D eigenvalue weighted by atomic mass is 9.49. The summed E-state index contributed by atoms with van der Waals surface area (Å²) in [5.41, 5.74) is -0.355. The Morgan fingerprint density at radius 3 is 2.18 bits per heavy atom. The van der Waals surface area contributed by atoms with Gasteiger partial charge in [-0.1, -0.05) is 0 Å². The van der Waals surface area contributed by atoms with Gasteiger partial charge in [-0.25, -0.2) is 4.79 Å². The number of amides is 2. The van der Waals surface area contributed by atoms with Gasteiger partial charge in [-0.15, -0.1) is 0 Å². The lowest BCUT2D eigenvalue weighted by molar-refractivity contribution is -0.166. The Morgan fingerprint density at radius 1 is 1.07 bits per heavy atom.